The van der Waals surface area contributed by atoms with Crippen molar-refractivity contribution in [3.05, 3.63) is 36.0 Å². The summed E-state index contributed by atoms with van der Waals surface area (Å²) >= 11 is 0. The third-order valence-corrected chi connectivity index (χ3v) is 3.25. The molecule has 3 heteroatoms. The van der Waals surface area contributed by atoms with Crippen molar-refractivity contribution < 1.29 is 4.74 Å². The fourth-order valence-electron chi connectivity index (χ4n) is 2.07. The Hall–Kier alpha value is -1.32. The topological polar surface area (TPSA) is 37.0 Å². The quantitative estimate of drug-likeness (QED) is 0.714. The van der Waals surface area contributed by atoms with Gasteiger partial charge in [-0.05, 0) is 24.0 Å². The van der Waals surface area contributed by atoms with Crippen LogP contribution in [0.15, 0.2) is 30.5 Å². The van der Waals surface area contributed by atoms with Gasteiger partial charge in [-0.1, -0.05) is 32.0 Å². The highest BCUT2D eigenvalue weighted by atomic mass is 16.5. The van der Waals surface area contributed by atoms with Gasteiger partial charge in [-0.2, -0.15) is 0 Å². The first-order valence-electron chi connectivity index (χ1n) is 7.11. The third-order valence-electron chi connectivity index (χ3n) is 3.25. The predicted molar refractivity (Wildman–Crippen MR) is 80.3 cm³/mol. The van der Waals surface area contributed by atoms with Gasteiger partial charge in [-0.3, -0.25) is 0 Å². The van der Waals surface area contributed by atoms with Crippen LogP contribution in [0.5, 0.6) is 0 Å². The number of H-pyrrole nitrogens is 1. The van der Waals surface area contributed by atoms with E-state index >= 15 is 0 Å². The van der Waals surface area contributed by atoms with Gasteiger partial charge in [0.25, 0.3) is 0 Å². The summed E-state index contributed by atoms with van der Waals surface area (Å²) in [5.41, 5.74) is 2.52. The normalized spacial score (nSPS) is 11.5. The first-order chi connectivity index (χ1) is 9.27. The Balaban J connectivity index is 1.66. The van der Waals surface area contributed by atoms with Gasteiger partial charge in [0.15, 0.2) is 0 Å². The van der Waals surface area contributed by atoms with Crippen LogP contribution < -0.4 is 5.32 Å². The molecule has 0 radical (unpaired) electrons. The lowest BCUT2D eigenvalue weighted by atomic mass is 10.1. The minimum atomic E-state index is 0.721. The van der Waals surface area contributed by atoms with E-state index in [4.69, 9.17) is 4.74 Å². The average Bonchev–Trinajstić information content (AvgIpc) is 2.81. The van der Waals surface area contributed by atoms with E-state index in [1.807, 2.05) is 0 Å². The standard InChI is InChI=1S/C16H24N2O/c1-13(2)7-9-19-10-8-17-11-14-12-18-16-6-4-3-5-15(14)16/h3-6,12-13,17-18H,7-11H2,1-2H3. The minimum absolute atomic E-state index is 0.721. The van der Waals surface area contributed by atoms with Gasteiger partial charge in [0.1, 0.15) is 0 Å². The zero-order valence-corrected chi connectivity index (χ0v) is 11.9. The van der Waals surface area contributed by atoms with Crippen LogP contribution in [0.1, 0.15) is 25.8 Å². The van der Waals surface area contributed by atoms with Gasteiger partial charge in [0.05, 0.1) is 6.61 Å². The van der Waals surface area contributed by atoms with Gasteiger partial charge >= 0.3 is 0 Å². The van der Waals surface area contributed by atoms with Crippen LogP contribution in [-0.4, -0.2) is 24.7 Å². The lowest BCUT2D eigenvalue weighted by Gasteiger charge is -2.07. The highest BCUT2D eigenvalue weighted by Crippen LogP contribution is 2.16. The summed E-state index contributed by atoms with van der Waals surface area (Å²) in [6, 6.07) is 8.39. The van der Waals surface area contributed by atoms with Crippen LogP contribution in [0, 0.1) is 5.92 Å². The fourth-order valence-corrected chi connectivity index (χ4v) is 2.07. The summed E-state index contributed by atoms with van der Waals surface area (Å²) < 4.78 is 5.58. The van der Waals surface area contributed by atoms with Gasteiger partial charge in [0.2, 0.25) is 0 Å². The summed E-state index contributed by atoms with van der Waals surface area (Å²) in [4.78, 5) is 3.29. The van der Waals surface area contributed by atoms with Crippen molar-refractivity contribution in [3.8, 4) is 0 Å². The zero-order valence-electron chi connectivity index (χ0n) is 11.9. The monoisotopic (exact) mass is 260 g/mol. The molecule has 0 unspecified atom stereocenters. The van der Waals surface area contributed by atoms with E-state index in [0.29, 0.717) is 0 Å². The maximum absolute atomic E-state index is 5.58. The number of nitrogens with one attached hydrogen (secondary N) is 2. The van der Waals surface area contributed by atoms with Crippen LogP contribution in [0.4, 0.5) is 0 Å². The van der Waals surface area contributed by atoms with E-state index in [9.17, 15) is 0 Å². The molecule has 2 rings (SSSR count). The van der Waals surface area contributed by atoms with Gasteiger partial charge in [-0.25, -0.2) is 0 Å². The van der Waals surface area contributed by atoms with E-state index < -0.39 is 0 Å². The molecule has 0 fully saturated rings. The van der Waals surface area contributed by atoms with Crippen molar-refractivity contribution in [2.75, 3.05) is 19.8 Å². The van der Waals surface area contributed by atoms with Crippen molar-refractivity contribution in [3.63, 3.8) is 0 Å². The SMILES string of the molecule is CC(C)CCOCCNCc1c[nH]c2ccccc12. The van der Waals surface area contributed by atoms with Gasteiger partial charge in [-0.15, -0.1) is 0 Å². The fraction of sp³-hybridized carbons (Fsp3) is 0.500. The first-order valence-corrected chi connectivity index (χ1v) is 7.11. The number of rotatable bonds is 8. The third kappa shape index (κ3) is 4.37. The molecule has 0 atom stereocenters. The Bertz CT molecular complexity index is 490. The molecule has 19 heavy (non-hydrogen) atoms. The molecule has 0 aliphatic heterocycles. The summed E-state index contributed by atoms with van der Waals surface area (Å²) in [5, 5.41) is 4.72. The second kappa shape index (κ2) is 7.31. The van der Waals surface area contributed by atoms with Crippen LogP contribution in [0.25, 0.3) is 10.9 Å². The molecule has 0 aliphatic rings. The molecule has 0 saturated heterocycles. The number of aromatic amines is 1. The Morgan fingerprint density at radius 2 is 2.05 bits per heavy atom. The molecule has 2 N–H and O–H groups in total. The molecule has 104 valence electrons. The molecule has 0 aliphatic carbocycles. The second-order valence-electron chi connectivity index (χ2n) is 5.33. The smallest absolute Gasteiger partial charge is 0.0591 e. The predicted octanol–water partition coefficient (Wildman–Crippen LogP) is 3.32. The van der Waals surface area contributed by atoms with Gasteiger partial charge in [0, 0.05) is 36.8 Å². The number of para-hydroxylation sites is 1. The van der Waals surface area contributed by atoms with E-state index in [1.54, 1.807) is 0 Å². The van der Waals surface area contributed by atoms with E-state index in [0.717, 1.165) is 38.6 Å². The molecule has 0 amide bonds. The molecule has 1 aromatic heterocycles. The molecule has 2 aromatic rings. The molecule has 0 bridgehead atoms. The second-order valence-corrected chi connectivity index (χ2v) is 5.33. The van der Waals surface area contributed by atoms with Crippen molar-refractivity contribution >= 4 is 10.9 Å². The maximum atomic E-state index is 5.58. The lowest BCUT2D eigenvalue weighted by molar-refractivity contribution is 0.125. The first kappa shape index (κ1) is 14.1. The Morgan fingerprint density at radius 3 is 2.89 bits per heavy atom. The average molecular weight is 260 g/mol. The number of hydrogen-bond donors (Lipinski definition) is 2. The molecule has 1 heterocycles. The Kier molecular flexibility index (Phi) is 5.43. The van der Waals surface area contributed by atoms with E-state index in [2.05, 4.69) is 54.6 Å². The van der Waals surface area contributed by atoms with Crippen molar-refractivity contribution in [2.24, 2.45) is 5.92 Å². The Labute approximate surface area is 115 Å². The number of aromatic nitrogens is 1. The highest BCUT2D eigenvalue weighted by Gasteiger charge is 2.01. The number of benzene rings is 1. The van der Waals surface area contributed by atoms with Crippen LogP contribution in [-0.2, 0) is 11.3 Å². The summed E-state index contributed by atoms with van der Waals surface area (Å²) in [5.74, 6) is 0.721. The summed E-state index contributed by atoms with van der Waals surface area (Å²) in [7, 11) is 0. The van der Waals surface area contributed by atoms with E-state index in [-0.39, 0.29) is 0 Å². The lowest BCUT2D eigenvalue weighted by Crippen LogP contribution is -2.19. The highest BCUT2D eigenvalue weighted by molar-refractivity contribution is 5.82. The van der Waals surface area contributed by atoms with Crippen LogP contribution in [0.2, 0.25) is 0 Å². The van der Waals surface area contributed by atoms with Crippen molar-refractivity contribution in [1.82, 2.24) is 10.3 Å². The van der Waals surface area contributed by atoms with Crippen LogP contribution >= 0.6 is 0 Å². The minimum Gasteiger partial charge on any atom is -0.380 e. The largest absolute Gasteiger partial charge is 0.380 e. The van der Waals surface area contributed by atoms with Gasteiger partial charge < -0.3 is 15.0 Å². The van der Waals surface area contributed by atoms with Crippen molar-refractivity contribution in [1.29, 1.82) is 0 Å². The Morgan fingerprint density at radius 1 is 1.21 bits per heavy atom. The number of fused-ring (bicyclic) bond motifs is 1. The number of ether oxygens (including phenoxy) is 1. The molecular formula is C16H24N2O. The molecule has 0 saturated carbocycles. The molecule has 0 spiro atoms. The van der Waals surface area contributed by atoms with E-state index in [1.165, 1.54) is 16.5 Å². The molecule has 1 aromatic carbocycles. The summed E-state index contributed by atoms with van der Waals surface area (Å²) in [6.07, 6.45) is 3.22. The number of hydrogen-bond acceptors (Lipinski definition) is 2. The van der Waals surface area contributed by atoms with Crippen molar-refractivity contribution in [2.45, 2.75) is 26.8 Å². The van der Waals surface area contributed by atoms with Crippen LogP contribution in [0.3, 0.4) is 0 Å². The molecular weight excluding hydrogens is 236 g/mol. The zero-order chi connectivity index (χ0) is 13.5. The molecule has 3 nitrogen and oxygen atoms in total. The summed E-state index contributed by atoms with van der Waals surface area (Å²) in [6.45, 7) is 7.88. The maximum Gasteiger partial charge on any atom is 0.0591 e.